The van der Waals surface area contributed by atoms with Crippen LogP contribution in [0.15, 0.2) is 340 Å². The van der Waals surface area contributed by atoms with Crippen molar-refractivity contribution in [2.45, 2.75) is 24.0 Å². The van der Waals surface area contributed by atoms with Gasteiger partial charge in [0.25, 0.3) is 0 Å². The smallest absolute Gasteiger partial charge is 0.127 e. The highest BCUT2D eigenvalue weighted by atomic mass is 16.5. The van der Waals surface area contributed by atoms with E-state index in [0.29, 0.717) is 26.4 Å². The fourth-order valence-electron chi connectivity index (χ4n) is 17.2. The number of hydrogen-bond acceptors (Lipinski definition) is 12. The Kier molecular flexibility index (Phi) is 23.9. The molecule has 2 aliphatic rings. The Balaban J connectivity index is 0.000000133. The normalized spacial score (nSPS) is 12.6. The van der Waals surface area contributed by atoms with Crippen LogP contribution in [0.3, 0.4) is 0 Å². The van der Waals surface area contributed by atoms with Crippen molar-refractivity contribution in [1.82, 2.24) is 0 Å². The molecule has 16 aromatic rings. The zero-order chi connectivity index (χ0) is 79.2. The lowest BCUT2D eigenvalue weighted by atomic mass is 9.67. The molecule has 0 bridgehead atoms. The van der Waals surface area contributed by atoms with Crippen molar-refractivity contribution in [2.24, 2.45) is 0 Å². The van der Waals surface area contributed by atoms with E-state index in [1.165, 1.54) is 55.6 Å². The highest BCUT2D eigenvalue weighted by Gasteiger charge is 2.48. The van der Waals surface area contributed by atoms with Gasteiger partial charge in [0.2, 0.25) is 0 Å². The topological polar surface area (TPSA) is 177 Å². The summed E-state index contributed by atoms with van der Waals surface area (Å²) in [6.07, 6.45) is 0. The Labute approximate surface area is 675 Å². The predicted molar refractivity (Wildman–Crippen MR) is 464 cm³/mol. The molecule has 0 saturated carbocycles. The van der Waals surface area contributed by atoms with Crippen molar-refractivity contribution >= 4 is 43.1 Å². The van der Waals surface area contributed by atoms with Gasteiger partial charge in [-0.2, -0.15) is 0 Å². The van der Waals surface area contributed by atoms with Crippen molar-refractivity contribution in [3.63, 3.8) is 0 Å². The molecule has 0 atom stereocenters. The lowest BCUT2D eigenvalue weighted by Crippen LogP contribution is -2.29. The van der Waals surface area contributed by atoms with Crippen LogP contribution in [0.2, 0.25) is 0 Å². The van der Waals surface area contributed by atoms with Crippen LogP contribution < -0.4 is 18.9 Å². The van der Waals surface area contributed by atoms with E-state index >= 15 is 0 Å². The van der Waals surface area contributed by atoms with E-state index in [2.05, 4.69) is 255 Å². The van der Waals surface area contributed by atoms with Gasteiger partial charge < -0.3 is 59.1 Å². The van der Waals surface area contributed by atoms with E-state index in [9.17, 15) is 10.2 Å². The van der Waals surface area contributed by atoms with Crippen LogP contribution in [-0.2, 0) is 33.5 Å². The van der Waals surface area contributed by atoms with Gasteiger partial charge in [-0.05, 0) is 204 Å². The van der Waals surface area contributed by atoms with Crippen LogP contribution >= 0.6 is 0 Å². The van der Waals surface area contributed by atoms with E-state index in [1.54, 1.807) is 0 Å². The number of aliphatic hydroxyl groups excluding tert-OH is 6. The van der Waals surface area contributed by atoms with Crippen molar-refractivity contribution in [3.8, 4) is 78.6 Å². The summed E-state index contributed by atoms with van der Waals surface area (Å²) in [6, 6.07) is 119. The fourth-order valence-corrected chi connectivity index (χ4v) is 17.2. The number of rotatable bonds is 27. The Morgan fingerprint density at radius 3 is 0.905 bits per heavy atom. The van der Waals surface area contributed by atoms with E-state index in [-0.39, 0.29) is 66.1 Å². The minimum Gasteiger partial charge on any atom is -0.491 e. The lowest BCUT2D eigenvalue weighted by molar-refractivity contribution is 0.0811. The van der Waals surface area contributed by atoms with Crippen LogP contribution in [0.5, 0.6) is 23.0 Å². The summed E-state index contributed by atoms with van der Waals surface area (Å²) in [6.45, 7) is 2.26. The van der Waals surface area contributed by atoms with Gasteiger partial charge in [-0.3, -0.25) is 0 Å². The third kappa shape index (κ3) is 15.2. The summed E-state index contributed by atoms with van der Waals surface area (Å²) in [5.41, 5.74) is 21.8. The van der Waals surface area contributed by atoms with Crippen LogP contribution in [0, 0.1) is 0 Å². The van der Waals surface area contributed by atoms with Gasteiger partial charge in [0, 0.05) is 11.1 Å². The molecular formula is C104H90O12. The zero-order valence-corrected chi connectivity index (χ0v) is 64.4. The Bertz CT molecular complexity index is 5750. The van der Waals surface area contributed by atoms with E-state index in [4.69, 9.17) is 48.8 Å². The highest BCUT2D eigenvalue weighted by molar-refractivity contribution is 6.08. The minimum atomic E-state index is -0.648. The molecule has 578 valence electrons. The maximum Gasteiger partial charge on any atom is 0.127 e. The monoisotopic (exact) mass is 1530 g/mol. The van der Waals surface area contributed by atoms with Gasteiger partial charge >= 0.3 is 0 Å². The van der Waals surface area contributed by atoms with Crippen molar-refractivity contribution in [1.29, 1.82) is 0 Å². The first-order valence-corrected chi connectivity index (χ1v) is 39.5. The molecule has 18 rings (SSSR count). The van der Waals surface area contributed by atoms with E-state index in [0.717, 1.165) is 122 Å². The van der Waals surface area contributed by atoms with Gasteiger partial charge in [0.1, 0.15) is 49.4 Å². The van der Waals surface area contributed by atoms with Crippen molar-refractivity contribution < 1.29 is 59.1 Å². The third-order valence-corrected chi connectivity index (χ3v) is 22.1. The summed E-state index contributed by atoms with van der Waals surface area (Å²) in [7, 11) is 0. The molecule has 16 aromatic carbocycles. The van der Waals surface area contributed by atoms with E-state index < -0.39 is 10.8 Å². The van der Waals surface area contributed by atoms with Crippen LogP contribution in [0.4, 0.5) is 0 Å². The van der Waals surface area contributed by atoms with E-state index in [1.807, 2.05) is 84.9 Å². The second-order valence-electron chi connectivity index (χ2n) is 28.8. The maximum atomic E-state index is 9.57. The minimum absolute atomic E-state index is 0.00255. The molecule has 0 amide bonds. The molecule has 0 aliphatic heterocycles. The molecule has 2 aliphatic carbocycles. The summed E-state index contributed by atoms with van der Waals surface area (Å²) < 4.78 is 34.9. The Morgan fingerprint density at radius 1 is 0.224 bits per heavy atom. The lowest BCUT2D eigenvalue weighted by Gasteiger charge is -2.35. The maximum absolute atomic E-state index is 9.57. The molecular weight excluding hydrogens is 1440 g/mol. The van der Waals surface area contributed by atoms with Crippen LogP contribution in [-0.4, -0.2) is 110 Å². The number of benzene rings is 16. The first-order valence-electron chi connectivity index (χ1n) is 39.5. The average molecular weight is 1530 g/mol. The number of hydrogen-bond donors (Lipinski definition) is 6. The first kappa shape index (κ1) is 77.4. The first-order chi connectivity index (χ1) is 57.3. The molecule has 12 heteroatoms. The van der Waals surface area contributed by atoms with Crippen molar-refractivity contribution in [2.75, 3.05) is 79.3 Å². The number of ether oxygens (including phenoxy) is 6. The standard InChI is InChI=1S/C41H34O4.C37H30O4.C26H26O4/c42-23-25-44-39-21-19-31(27-35(39)29-11-3-1-4-12-29)41(37-17-9-7-15-33(37)34-16-8-10-18-38(34)41)32-20-22-40(45-26-24-43)36(28-32)30-13-5-2-6-14-30;38-17-19-40-31-15-11-25-21-29(13-9-27(25)23-31)37(35-7-3-1-5-33(35)34-6-2-4-8-36(34)37)30-14-10-28-24-32(41-20-18-39)16-12-26(28)22-30;27-13-15-29-17-21-11-9-19-5-1-3-7-23(19)25(21)26-22(18-30-16-14-28)12-10-20-6-2-4-8-24(20)26/h1-22,27-28,42-43H,23-26H2;1-16,21-24,38-39H,17-20H2;1-12,27-28H,13-18H2. The number of aliphatic hydroxyl groups is 6. The van der Waals surface area contributed by atoms with Crippen LogP contribution in [0.25, 0.3) is 98.7 Å². The van der Waals surface area contributed by atoms with Gasteiger partial charge in [0.05, 0.1) is 76.9 Å². The summed E-state index contributed by atoms with van der Waals surface area (Å²) in [5, 5.41) is 64.8. The molecule has 0 spiro atoms. The second kappa shape index (κ2) is 35.9. The second-order valence-corrected chi connectivity index (χ2v) is 28.8. The summed E-state index contributed by atoms with van der Waals surface area (Å²) in [5.74, 6) is 2.96. The molecule has 0 saturated heterocycles. The molecule has 0 heterocycles. The molecule has 0 radical (unpaired) electrons. The van der Waals surface area contributed by atoms with Gasteiger partial charge in [-0.15, -0.1) is 0 Å². The molecule has 0 fully saturated rings. The largest absolute Gasteiger partial charge is 0.491 e. The molecule has 6 N–H and O–H groups in total. The van der Waals surface area contributed by atoms with Gasteiger partial charge in [0.15, 0.2) is 0 Å². The van der Waals surface area contributed by atoms with Gasteiger partial charge in [-0.1, -0.05) is 279 Å². The predicted octanol–water partition coefficient (Wildman–Crippen LogP) is 19.9. The fraction of sp³-hybridized carbons (Fsp3) is 0.154. The number of fused-ring (bicyclic) bond motifs is 10. The van der Waals surface area contributed by atoms with Crippen LogP contribution in [0.1, 0.15) is 55.6 Å². The highest BCUT2D eigenvalue weighted by Crippen LogP contribution is 2.59. The molecule has 116 heavy (non-hydrogen) atoms. The third-order valence-electron chi connectivity index (χ3n) is 22.1. The van der Waals surface area contributed by atoms with Crippen molar-refractivity contribution in [3.05, 3.63) is 395 Å². The summed E-state index contributed by atoms with van der Waals surface area (Å²) >= 11 is 0. The Hall–Kier alpha value is -12.6. The Morgan fingerprint density at radius 2 is 0.526 bits per heavy atom. The van der Waals surface area contributed by atoms with Gasteiger partial charge in [-0.25, -0.2) is 0 Å². The molecule has 0 unspecified atom stereocenters. The average Bonchev–Trinajstić information content (AvgIpc) is 1.52. The molecule has 0 aromatic heterocycles. The zero-order valence-electron chi connectivity index (χ0n) is 64.4. The summed E-state index contributed by atoms with van der Waals surface area (Å²) in [4.78, 5) is 0. The SMILES string of the molecule is OCCOCc1ccc2ccccc2c1-c1c(COCCO)ccc2ccccc12.OCCOc1ccc(C2(c3ccc(OCCO)c(-c4ccccc4)c3)c3ccccc3-c3ccccc32)cc1-c1ccccc1.OCCOc1ccc2cc(C3(c4ccc5cc(OCCO)ccc5c4)c4ccccc4-c4ccccc43)ccc2c1. The quantitative estimate of drug-likeness (QED) is 0.0269. The molecule has 12 nitrogen and oxygen atoms in total.